The zero-order chi connectivity index (χ0) is 17.1. The average molecular weight is 344 g/mol. The second-order valence-electron chi connectivity index (χ2n) is 5.66. The Morgan fingerprint density at radius 3 is 2.67 bits per heavy atom. The number of aryl methyl sites for hydroxylation is 2. The van der Waals surface area contributed by atoms with Gasteiger partial charge in [-0.25, -0.2) is 4.68 Å². The maximum absolute atomic E-state index is 12.4. The van der Waals surface area contributed by atoms with E-state index in [1.54, 1.807) is 30.0 Å². The standard InChI is InChI=1S/C18H18ClN3O2/c1-12-5-7-14(8-6-12)11-22-17(19)16(13(2)21-22)18(23)20-10-15-4-3-9-24-15/h3-9H,10-11H2,1-2H3,(H,20,23). The van der Waals surface area contributed by atoms with Crippen LogP contribution in [0, 0.1) is 13.8 Å². The van der Waals surface area contributed by atoms with Crippen LogP contribution in [0.5, 0.6) is 0 Å². The van der Waals surface area contributed by atoms with Gasteiger partial charge in [0.05, 0.1) is 30.6 Å². The number of halogens is 1. The van der Waals surface area contributed by atoms with Crippen molar-refractivity contribution in [3.05, 3.63) is 76.0 Å². The highest BCUT2D eigenvalue weighted by molar-refractivity contribution is 6.33. The van der Waals surface area contributed by atoms with Gasteiger partial charge in [0, 0.05) is 0 Å². The fraction of sp³-hybridized carbons (Fsp3) is 0.222. The van der Waals surface area contributed by atoms with Crippen LogP contribution < -0.4 is 5.32 Å². The lowest BCUT2D eigenvalue weighted by Gasteiger charge is -2.05. The minimum Gasteiger partial charge on any atom is -0.467 e. The van der Waals surface area contributed by atoms with Crippen LogP contribution in [0.25, 0.3) is 0 Å². The van der Waals surface area contributed by atoms with E-state index in [4.69, 9.17) is 16.0 Å². The Bertz CT molecular complexity index is 836. The maximum atomic E-state index is 12.4. The van der Waals surface area contributed by atoms with Crippen molar-refractivity contribution >= 4 is 17.5 Å². The van der Waals surface area contributed by atoms with Crippen molar-refractivity contribution < 1.29 is 9.21 Å². The summed E-state index contributed by atoms with van der Waals surface area (Å²) in [6, 6.07) is 11.7. The van der Waals surface area contributed by atoms with Gasteiger partial charge >= 0.3 is 0 Å². The number of aromatic nitrogens is 2. The first-order chi connectivity index (χ1) is 11.5. The molecule has 0 saturated heterocycles. The summed E-state index contributed by atoms with van der Waals surface area (Å²) >= 11 is 6.38. The number of rotatable bonds is 5. The fourth-order valence-electron chi connectivity index (χ4n) is 2.45. The van der Waals surface area contributed by atoms with E-state index in [9.17, 15) is 4.79 Å². The molecule has 2 heterocycles. The molecule has 6 heteroatoms. The lowest BCUT2D eigenvalue weighted by Crippen LogP contribution is -2.23. The molecule has 0 aliphatic heterocycles. The molecular weight excluding hydrogens is 326 g/mol. The first-order valence-electron chi connectivity index (χ1n) is 7.63. The van der Waals surface area contributed by atoms with E-state index in [0.29, 0.717) is 35.3 Å². The number of hydrogen-bond donors (Lipinski definition) is 1. The van der Waals surface area contributed by atoms with E-state index in [0.717, 1.165) is 5.56 Å². The lowest BCUT2D eigenvalue weighted by molar-refractivity contribution is 0.0947. The first-order valence-corrected chi connectivity index (χ1v) is 8.01. The molecule has 3 aromatic rings. The summed E-state index contributed by atoms with van der Waals surface area (Å²) in [5.41, 5.74) is 3.27. The van der Waals surface area contributed by atoms with Crippen molar-refractivity contribution in [2.45, 2.75) is 26.9 Å². The van der Waals surface area contributed by atoms with Gasteiger partial charge in [-0.15, -0.1) is 0 Å². The molecule has 1 N–H and O–H groups in total. The van der Waals surface area contributed by atoms with Crippen molar-refractivity contribution in [1.82, 2.24) is 15.1 Å². The Labute approximate surface area is 145 Å². The van der Waals surface area contributed by atoms with Crippen molar-refractivity contribution in [3.8, 4) is 0 Å². The molecule has 0 aliphatic carbocycles. The molecule has 0 radical (unpaired) electrons. The third kappa shape index (κ3) is 3.51. The number of nitrogens with one attached hydrogen (secondary N) is 1. The first kappa shape index (κ1) is 16.3. The van der Waals surface area contributed by atoms with Crippen molar-refractivity contribution in [2.24, 2.45) is 0 Å². The molecular formula is C18H18ClN3O2. The molecule has 24 heavy (non-hydrogen) atoms. The number of furan rings is 1. The summed E-state index contributed by atoms with van der Waals surface area (Å²) in [5.74, 6) is 0.424. The molecule has 0 aliphatic rings. The van der Waals surface area contributed by atoms with Crippen LogP contribution in [0.2, 0.25) is 5.15 Å². The maximum Gasteiger partial charge on any atom is 0.256 e. The summed E-state index contributed by atoms with van der Waals surface area (Å²) < 4.78 is 6.85. The Hall–Kier alpha value is -2.53. The monoisotopic (exact) mass is 343 g/mol. The normalized spacial score (nSPS) is 10.8. The molecule has 0 unspecified atom stereocenters. The molecule has 0 spiro atoms. The lowest BCUT2D eigenvalue weighted by atomic mass is 10.1. The average Bonchev–Trinajstić information content (AvgIpc) is 3.16. The van der Waals surface area contributed by atoms with Gasteiger partial charge in [0.25, 0.3) is 5.91 Å². The predicted molar refractivity (Wildman–Crippen MR) is 92.1 cm³/mol. The van der Waals surface area contributed by atoms with Crippen molar-refractivity contribution in [2.75, 3.05) is 0 Å². The molecule has 3 rings (SSSR count). The zero-order valence-corrected chi connectivity index (χ0v) is 14.3. The highest BCUT2D eigenvalue weighted by atomic mass is 35.5. The van der Waals surface area contributed by atoms with E-state index >= 15 is 0 Å². The Morgan fingerprint density at radius 2 is 2.00 bits per heavy atom. The van der Waals surface area contributed by atoms with Gasteiger partial charge in [0.1, 0.15) is 10.9 Å². The summed E-state index contributed by atoms with van der Waals surface area (Å²) in [7, 11) is 0. The molecule has 5 nitrogen and oxygen atoms in total. The number of nitrogens with zero attached hydrogens (tertiary/aromatic N) is 2. The minimum absolute atomic E-state index is 0.260. The number of carbonyl (C=O) groups is 1. The molecule has 124 valence electrons. The quantitative estimate of drug-likeness (QED) is 0.768. The summed E-state index contributed by atoms with van der Waals surface area (Å²) in [5, 5.41) is 7.53. The van der Waals surface area contributed by atoms with Gasteiger partial charge in [0.15, 0.2) is 0 Å². The van der Waals surface area contributed by atoms with Crippen LogP contribution in [0.1, 0.15) is 32.9 Å². The summed E-state index contributed by atoms with van der Waals surface area (Å²) in [6.45, 7) is 4.64. The number of benzene rings is 1. The second kappa shape index (κ2) is 6.93. The van der Waals surface area contributed by atoms with Gasteiger partial charge in [-0.1, -0.05) is 41.4 Å². The van der Waals surface area contributed by atoms with Crippen LogP contribution in [0.4, 0.5) is 0 Å². The molecule has 0 bridgehead atoms. The van der Waals surface area contributed by atoms with Gasteiger partial charge in [-0.05, 0) is 31.5 Å². The minimum atomic E-state index is -0.260. The summed E-state index contributed by atoms with van der Waals surface area (Å²) in [6.07, 6.45) is 1.57. The van der Waals surface area contributed by atoms with Gasteiger partial charge in [-0.2, -0.15) is 5.10 Å². The van der Waals surface area contributed by atoms with Crippen LogP contribution >= 0.6 is 11.6 Å². The van der Waals surface area contributed by atoms with Crippen LogP contribution in [0.3, 0.4) is 0 Å². The molecule has 1 aromatic carbocycles. The highest BCUT2D eigenvalue weighted by Gasteiger charge is 2.20. The van der Waals surface area contributed by atoms with Gasteiger partial charge < -0.3 is 9.73 Å². The third-order valence-corrected chi connectivity index (χ3v) is 4.13. The van der Waals surface area contributed by atoms with Crippen molar-refractivity contribution in [1.29, 1.82) is 0 Å². The summed E-state index contributed by atoms with van der Waals surface area (Å²) in [4.78, 5) is 12.4. The van der Waals surface area contributed by atoms with E-state index in [-0.39, 0.29) is 5.91 Å². The Balaban J connectivity index is 1.75. The van der Waals surface area contributed by atoms with Crippen LogP contribution in [0.15, 0.2) is 47.1 Å². The topological polar surface area (TPSA) is 60.1 Å². The van der Waals surface area contributed by atoms with Crippen LogP contribution in [-0.4, -0.2) is 15.7 Å². The van der Waals surface area contributed by atoms with E-state index < -0.39 is 0 Å². The Kier molecular flexibility index (Phi) is 4.71. The molecule has 0 atom stereocenters. The van der Waals surface area contributed by atoms with Crippen LogP contribution in [-0.2, 0) is 13.1 Å². The number of hydrogen-bond acceptors (Lipinski definition) is 3. The van der Waals surface area contributed by atoms with E-state index in [1.807, 2.05) is 31.2 Å². The van der Waals surface area contributed by atoms with Crippen molar-refractivity contribution in [3.63, 3.8) is 0 Å². The molecule has 0 saturated carbocycles. The zero-order valence-electron chi connectivity index (χ0n) is 13.5. The number of carbonyl (C=O) groups excluding carboxylic acids is 1. The van der Waals surface area contributed by atoms with Gasteiger partial charge in [0.2, 0.25) is 0 Å². The Morgan fingerprint density at radius 1 is 1.25 bits per heavy atom. The molecule has 1 amide bonds. The third-order valence-electron chi connectivity index (χ3n) is 3.75. The van der Waals surface area contributed by atoms with Gasteiger partial charge in [-0.3, -0.25) is 4.79 Å². The second-order valence-corrected chi connectivity index (χ2v) is 6.01. The molecule has 2 aromatic heterocycles. The van der Waals surface area contributed by atoms with E-state index in [2.05, 4.69) is 10.4 Å². The highest BCUT2D eigenvalue weighted by Crippen LogP contribution is 2.21. The SMILES string of the molecule is Cc1ccc(Cn2nc(C)c(C(=O)NCc3ccco3)c2Cl)cc1. The predicted octanol–water partition coefficient (Wildman–Crippen LogP) is 3.72. The fourth-order valence-corrected chi connectivity index (χ4v) is 2.77. The smallest absolute Gasteiger partial charge is 0.256 e. The largest absolute Gasteiger partial charge is 0.467 e. The molecule has 0 fully saturated rings. The number of amides is 1. The van der Waals surface area contributed by atoms with E-state index in [1.165, 1.54) is 5.56 Å².